The third-order valence-corrected chi connectivity index (χ3v) is 5.70. The molecule has 0 saturated carbocycles. The number of nitrogens with one attached hydrogen (secondary N) is 2. The van der Waals surface area contributed by atoms with E-state index in [2.05, 4.69) is 17.2 Å². The van der Waals surface area contributed by atoms with E-state index in [1.165, 1.54) is 0 Å². The molecule has 8 heteroatoms. The van der Waals surface area contributed by atoms with Crippen molar-refractivity contribution in [1.82, 2.24) is 0 Å². The Morgan fingerprint density at radius 1 is 0.780 bits per heavy atom. The molecule has 41 heavy (non-hydrogen) atoms. The summed E-state index contributed by atoms with van der Waals surface area (Å²) in [5.74, 6) is 0.559. The summed E-state index contributed by atoms with van der Waals surface area (Å²) in [4.78, 5) is 24.8. The number of carbonyl (C=O) groups is 2. The first-order valence-electron chi connectivity index (χ1n) is 13.4. The van der Waals surface area contributed by atoms with Crippen LogP contribution in [0.5, 0.6) is 5.75 Å². The molecular formula is C33H39FN2O5. The summed E-state index contributed by atoms with van der Waals surface area (Å²) in [5, 5.41) is 5.58. The minimum Gasteiger partial charge on any atom is -0.491 e. The van der Waals surface area contributed by atoms with Gasteiger partial charge in [0.05, 0.1) is 0 Å². The van der Waals surface area contributed by atoms with Gasteiger partial charge in [0.2, 0.25) is 0 Å². The number of hydrogen-bond donors (Lipinski definition) is 2. The van der Waals surface area contributed by atoms with E-state index in [-0.39, 0.29) is 6.61 Å². The second-order valence-electron chi connectivity index (χ2n) is 11.6. The number of ether oxygens (including phenoxy) is 3. The van der Waals surface area contributed by atoms with Gasteiger partial charge in [0.25, 0.3) is 0 Å². The number of benzene rings is 3. The predicted molar refractivity (Wildman–Crippen MR) is 162 cm³/mol. The van der Waals surface area contributed by atoms with Crippen molar-refractivity contribution < 1.29 is 28.2 Å². The minimum absolute atomic E-state index is 0.0130. The quantitative estimate of drug-likeness (QED) is 0.287. The predicted octanol–water partition coefficient (Wildman–Crippen LogP) is 8.77. The fourth-order valence-corrected chi connectivity index (χ4v) is 4.06. The molecule has 0 radical (unpaired) electrons. The molecule has 0 aliphatic heterocycles. The van der Waals surface area contributed by atoms with Gasteiger partial charge in [-0.05, 0) is 118 Å². The first-order valence-corrected chi connectivity index (χ1v) is 13.4. The lowest BCUT2D eigenvalue weighted by atomic mass is 9.89. The molecule has 0 aromatic heterocycles. The van der Waals surface area contributed by atoms with E-state index in [9.17, 15) is 14.0 Å². The first kappa shape index (κ1) is 31.2. The molecule has 218 valence electrons. The van der Waals surface area contributed by atoms with Crippen molar-refractivity contribution in [1.29, 1.82) is 0 Å². The SMILES string of the molecule is C=C(c1ccc(OCCF)cc1)c1cc(NC(=O)OC(C)(C)C)ccc1-c1ccc(NC(=O)OC(C)(C)C)cc1C. The Kier molecular flexibility index (Phi) is 9.81. The van der Waals surface area contributed by atoms with Gasteiger partial charge in [-0.2, -0.15) is 0 Å². The maximum absolute atomic E-state index is 12.5. The lowest BCUT2D eigenvalue weighted by Crippen LogP contribution is -2.27. The van der Waals surface area contributed by atoms with E-state index in [1.807, 2.05) is 49.4 Å². The normalized spacial score (nSPS) is 11.4. The summed E-state index contributed by atoms with van der Waals surface area (Å²) in [6.45, 7) is 16.5. The van der Waals surface area contributed by atoms with Crippen LogP contribution in [0.3, 0.4) is 0 Å². The molecule has 7 nitrogen and oxygen atoms in total. The summed E-state index contributed by atoms with van der Waals surface area (Å²) in [6, 6.07) is 18.4. The highest BCUT2D eigenvalue weighted by Crippen LogP contribution is 2.37. The smallest absolute Gasteiger partial charge is 0.412 e. The third kappa shape index (κ3) is 9.38. The van der Waals surface area contributed by atoms with Crippen LogP contribution in [0, 0.1) is 6.92 Å². The van der Waals surface area contributed by atoms with Crippen LogP contribution >= 0.6 is 0 Å². The second kappa shape index (κ2) is 12.9. The number of hydrogen-bond acceptors (Lipinski definition) is 5. The highest BCUT2D eigenvalue weighted by atomic mass is 19.1. The van der Waals surface area contributed by atoms with Crippen LogP contribution in [0.4, 0.5) is 25.4 Å². The molecule has 2 N–H and O–H groups in total. The fraction of sp³-hybridized carbons (Fsp3) is 0.333. The molecule has 3 aromatic rings. The Morgan fingerprint density at radius 2 is 1.29 bits per heavy atom. The van der Waals surface area contributed by atoms with Crippen molar-refractivity contribution >= 4 is 29.1 Å². The number of anilines is 2. The van der Waals surface area contributed by atoms with Crippen LogP contribution in [0.2, 0.25) is 0 Å². The third-order valence-electron chi connectivity index (χ3n) is 5.70. The minimum atomic E-state index is -0.644. The van der Waals surface area contributed by atoms with Gasteiger partial charge < -0.3 is 14.2 Å². The van der Waals surface area contributed by atoms with Gasteiger partial charge in [0, 0.05) is 11.4 Å². The average molecular weight is 563 g/mol. The zero-order valence-corrected chi connectivity index (χ0v) is 24.8. The summed E-state index contributed by atoms with van der Waals surface area (Å²) in [6.07, 6.45) is -1.10. The van der Waals surface area contributed by atoms with Crippen molar-refractivity contribution in [2.24, 2.45) is 0 Å². The van der Waals surface area contributed by atoms with Crippen LogP contribution in [0.15, 0.2) is 67.2 Å². The molecular weight excluding hydrogens is 523 g/mol. The molecule has 0 spiro atoms. The van der Waals surface area contributed by atoms with E-state index in [0.717, 1.165) is 27.8 Å². The van der Waals surface area contributed by atoms with E-state index >= 15 is 0 Å². The van der Waals surface area contributed by atoms with Gasteiger partial charge >= 0.3 is 12.2 Å². The zero-order valence-electron chi connectivity index (χ0n) is 24.8. The topological polar surface area (TPSA) is 85.9 Å². The summed E-state index contributed by atoms with van der Waals surface area (Å²) >= 11 is 0. The number of aryl methyl sites for hydroxylation is 1. The van der Waals surface area contributed by atoms with Gasteiger partial charge in [-0.15, -0.1) is 0 Å². The Labute approximate surface area is 241 Å². The van der Waals surface area contributed by atoms with E-state index in [0.29, 0.717) is 22.7 Å². The molecule has 3 rings (SSSR count). The van der Waals surface area contributed by atoms with Crippen LogP contribution < -0.4 is 15.4 Å². The van der Waals surface area contributed by atoms with Crippen molar-refractivity contribution in [3.05, 3.63) is 83.9 Å². The number of alkyl halides is 1. The Hall–Kier alpha value is -4.33. The Bertz CT molecular complexity index is 1400. The lowest BCUT2D eigenvalue weighted by Gasteiger charge is -2.21. The van der Waals surface area contributed by atoms with Gasteiger partial charge in [-0.1, -0.05) is 30.8 Å². The summed E-state index contributed by atoms with van der Waals surface area (Å²) in [7, 11) is 0. The molecule has 3 aromatic carbocycles. The maximum Gasteiger partial charge on any atom is 0.412 e. The number of carbonyl (C=O) groups excluding carboxylic acids is 2. The molecule has 0 heterocycles. The number of rotatable bonds is 8. The van der Waals surface area contributed by atoms with Gasteiger partial charge in [-0.3, -0.25) is 10.6 Å². The van der Waals surface area contributed by atoms with Gasteiger partial charge in [-0.25, -0.2) is 14.0 Å². The highest BCUT2D eigenvalue weighted by molar-refractivity contribution is 5.93. The Balaban J connectivity index is 1.99. The molecule has 0 aliphatic carbocycles. The van der Waals surface area contributed by atoms with Crippen molar-refractivity contribution in [2.75, 3.05) is 23.9 Å². The maximum atomic E-state index is 12.5. The second-order valence-corrected chi connectivity index (χ2v) is 11.6. The van der Waals surface area contributed by atoms with Crippen molar-refractivity contribution in [3.63, 3.8) is 0 Å². The van der Waals surface area contributed by atoms with Crippen LogP contribution in [0.25, 0.3) is 16.7 Å². The molecule has 0 aliphatic rings. The van der Waals surface area contributed by atoms with Crippen LogP contribution in [-0.4, -0.2) is 36.7 Å². The first-order chi connectivity index (χ1) is 19.1. The zero-order chi connectivity index (χ0) is 30.4. The van der Waals surface area contributed by atoms with E-state index in [1.54, 1.807) is 59.7 Å². The number of halogens is 1. The largest absolute Gasteiger partial charge is 0.491 e. The molecule has 0 unspecified atom stereocenters. The summed E-state index contributed by atoms with van der Waals surface area (Å²) in [5.41, 5.74) is 4.93. The highest BCUT2D eigenvalue weighted by Gasteiger charge is 2.19. The van der Waals surface area contributed by atoms with Crippen molar-refractivity contribution in [2.45, 2.75) is 59.7 Å². The molecule has 0 atom stereocenters. The monoisotopic (exact) mass is 562 g/mol. The molecule has 2 amide bonds. The molecule has 0 bridgehead atoms. The lowest BCUT2D eigenvalue weighted by molar-refractivity contribution is 0.0624. The van der Waals surface area contributed by atoms with Crippen molar-refractivity contribution in [3.8, 4) is 16.9 Å². The van der Waals surface area contributed by atoms with Gasteiger partial charge in [0.1, 0.15) is 30.2 Å². The van der Waals surface area contributed by atoms with E-state index < -0.39 is 30.1 Å². The summed E-state index contributed by atoms with van der Waals surface area (Å²) < 4.78 is 28.7. The number of amides is 2. The molecule has 0 saturated heterocycles. The molecule has 0 fully saturated rings. The van der Waals surface area contributed by atoms with E-state index in [4.69, 9.17) is 14.2 Å². The fourth-order valence-electron chi connectivity index (χ4n) is 4.06. The van der Waals surface area contributed by atoms with Crippen LogP contribution in [-0.2, 0) is 9.47 Å². The Morgan fingerprint density at radius 3 is 1.78 bits per heavy atom. The average Bonchev–Trinajstić information content (AvgIpc) is 2.85. The standard InChI is InChI=1S/C33H39FN2O5/c1-21-19-24(35-30(37)40-32(3,4)5)11-15-27(21)28-16-12-25(36-31(38)41-33(6,7)8)20-29(28)22(2)23-9-13-26(14-10-23)39-18-17-34/h9-16,19-20H,2,17-18H2,1,3-8H3,(H,35,37)(H,36,38). The van der Waals surface area contributed by atoms with Crippen LogP contribution in [0.1, 0.15) is 58.2 Å². The van der Waals surface area contributed by atoms with Gasteiger partial charge in [0.15, 0.2) is 0 Å².